The number of hydrogen-bond donors (Lipinski definition) is 2. The lowest BCUT2D eigenvalue weighted by Gasteiger charge is -2.22. The van der Waals surface area contributed by atoms with Crippen molar-refractivity contribution in [3.63, 3.8) is 0 Å². The first-order chi connectivity index (χ1) is 8.29. The Morgan fingerprint density at radius 2 is 2.12 bits per heavy atom. The van der Waals surface area contributed by atoms with Crippen molar-refractivity contribution in [1.29, 1.82) is 0 Å². The van der Waals surface area contributed by atoms with Gasteiger partial charge in [0.25, 0.3) is 0 Å². The molecule has 1 aromatic rings. The molecule has 1 aliphatic rings. The highest BCUT2D eigenvalue weighted by atomic mass is 16.3. The molecule has 0 radical (unpaired) electrons. The SMILES string of the molecule is CNC(CCc1cccc(O)c1)C1CCCC1. The van der Waals surface area contributed by atoms with Crippen LogP contribution in [0.15, 0.2) is 24.3 Å². The number of aryl methyl sites for hydroxylation is 1. The molecule has 2 nitrogen and oxygen atoms in total. The summed E-state index contributed by atoms with van der Waals surface area (Å²) in [4.78, 5) is 0. The molecule has 0 aromatic heterocycles. The van der Waals surface area contributed by atoms with Gasteiger partial charge in [0, 0.05) is 6.04 Å². The predicted molar refractivity (Wildman–Crippen MR) is 71.2 cm³/mol. The van der Waals surface area contributed by atoms with Gasteiger partial charge in [0.15, 0.2) is 0 Å². The van der Waals surface area contributed by atoms with Crippen molar-refractivity contribution < 1.29 is 5.11 Å². The van der Waals surface area contributed by atoms with E-state index < -0.39 is 0 Å². The summed E-state index contributed by atoms with van der Waals surface area (Å²) in [5.74, 6) is 1.24. The molecule has 2 N–H and O–H groups in total. The van der Waals surface area contributed by atoms with Crippen molar-refractivity contribution in [2.45, 2.75) is 44.6 Å². The van der Waals surface area contributed by atoms with Gasteiger partial charge in [-0.15, -0.1) is 0 Å². The highest BCUT2D eigenvalue weighted by Crippen LogP contribution is 2.29. The zero-order chi connectivity index (χ0) is 12.1. The number of benzene rings is 1. The number of phenols is 1. The summed E-state index contributed by atoms with van der Waals surface area (Å²) in [6.45, 7) is 0. The second-order valence-electron chi connectivity index (χ2n) is 5.15. The monoisotopic (exact) mass is 233 g/mol. The minimum atomic E-state index is 0.379. The molecule has 1 aliphatic carbocycles. The lowest BCUT2D eigenvalue weighted by molar-refractivity contribution is 0.360. The third-order valence-corrected chi connectivity index (χ3v) is 3.99. The average Bonchev–Trinajstić information content (AvgIpc) is 2.84. The summed E-state index contributed by atoms with van der Waals surface area (Å²) in [6, 6.07) is 8.27. The van der Waals surface area contributed by atoms with E-state index in [1.165, 1.54) is 37.7 Å². The smallest absolute Gasteiger partial charge is 0.115 e. The predicted octanol–water partition coefficient (Wildman–Crippen LogP) is 3.10. The number of nitrogens with one attached hydrogen (secondary N) is 1. The molecule has 0 spiro atoms. The molecule has 17 heavy (non-hydrogen) atoms. The fourth-order valence-electron chi connectivity index (χ4n) is 3.01. The van der Waals surface area contributed by atoms with Crippen LogP contribution in [-0.4, -0.2) is 18.2 Å². The molecule has 0 heterocycles. The molecule has 0 bridgehead atoms. The molecule has 1 aromatic carbocycles. The van der Waals surface area contributed by atoms with Gasteiger partial charge in [-0.2, -0.15) is 0 Å². The molecule has 94 valence electrons. The van der Waals surface area contributed by atoms with Gasteiger partial charge in [-0.25, -0.2) is 0 Å². The second-order valence-corrected chi connectivity index (χ2v) is 5.15. The molecule has 1 saturated carbocycles. The van der Waals surface area contributed by atoms with Crippen LogP contribution in [0.3, 0.4) is 0 Å². The van der Waals surface area contributed by atoms with E-state index in [1.807, 2.05) is 12.1 Å². The van der Waals surface area contributed by atoms with Crippen molar-refractivity contribution in [3.8, 4) is 5.75 Å². The molecule has 1 atom stereocenters. The largest absolute Gasteiger partial charge is 0.508 e. The summed E-state index contributed by atoms with van der Waals surface area (Å²) < 4.78 is 0. The van der Waals surface area contributed by atoms with Gasteiger partial charge in [0.05, 0.1) is 0 Å². The third-order valence-electron chi connectivity index (χ3n) is 3.99. The normalized spacial score (nSPS) is 18.4. The maximum atomic E-state index is 9.43. The van der Waals surface area contributed by atoms with Gasteiger partial charge in [-0.1, -0.05) is 25.0 Å². The van der Waals surface area contributed by atoms with Crippen LogP contribution < -0.4 is 5.32 Å². The third kappa shape index (κ3) is 3.47. The van der Waals surface area contributed by atoms with Gasteiger partial charge in [0.1, 0.15) is 5.75 Å². The molecule has 1 fully saturated rings. The first-order valence-electron chi connectivity index (χ1n) is 6.75. The highest BCUT2D eigenvalue weighted by Gasteiger charge is 2.23. The number of phenolic OH excluding ortho intramolecular Hbond substituents is 1. The molecular formula is C15H23NO. The van der Waals surface area contributed by atoms with Crippen LogP contribution in [0, 0.1) is 5.92 Å². The van der Waals surface area contributed by atoms with E-state index in [9.17, 15) is 5.11 Å². The van der Waals surface area contributed by atoms with Gasteiger partial charge >= 0.3 is 0 Å². The van der Waals surface area contributed by atoms with E-state index in [1.54, 1.807) is 6.07 Å². The molecular weight excluding hydrogens is 210 g/mol. The minimum absolute atomic E-state index is 0.379. The fraction of sp³-hybridized carbons (Fsp3) is 0.600. The summed E-state index contributed by atoms with van der Waals surface area (Å²) in [6.07, 6.45) is 7.78. The molecule has 0 saturated heterocycles. The van der Waals surface area contributed by atoms with Crippen molar-refractivity contribution in [2.24, 2.45) is 5.92 Å². The summed E-state index contributed by atoms with van der Waals surface area (Å²) in [5, 5.41) is 12.9. The van der Waals surface area contributed by atoms with E-state index >= 15 is 0 Å². The van der Waals surface area contributed by atoms with E-state index in [0.29, 0.717) is 11.8 Å². The maximum absolute atomic E-state index is 9.43. The Hall–Kier alpha value is -1.02. The van der Waals surface area contributed by atoms with Crippen LogP contribution in [0.4, 0.5) is 0 Å². The molecule has 1 unspecified atom stereocenters. The fourth-order valence-corrected chi connectivity index (χ4v) is 3.01. The first-order valence-corrected chi connectivity index (χ1v) is 6.75. The Labute approximate surface area is 104 Å². The quantitative estimate of drug-likeness (QED) is 0.819. The van der Waals surface area contributed by atoms with Crippen LogP contribution in [0.25, 0.3) is 0 Å². The molecule has 2 rings (SSSR count). The van der Waals surface area contributed by atoms with Crippen LogP contribution >= 0.6 is 0 Å². The maximum Gasteiger partial charge on any atom is 0.115 e. The Morgan fingerprint density at radius 1 is 1.35 bits per heavy atom. The lowest BCUT2D eigenvalue weighted by Crippen LogP contribution is -2.32. The Balaban J connectivity index is 1.87. The van der Waals surface area contributed by atoms with Gasteiger partial charge < -0.3 is 10.4 Å². The first kappa shape index (κ1) is 12.4. The summed E-state index contributed by atoms with van der Waals surface area (Å²) >= 11 is 0. The number of aromatic hydroxyl groups is 1. The van der Waals surface area contributed by atoms with Gasteiger partial charge in [-0.05, 0) is 56.3 Å². The molecule has 0 amide bonds. The van der Waals surface area contributed by atoms with E-state index in [-0.39, 0.29) is 0 Å². The topological polar surface area (TPSA) is 32.3 Å². The summed E-state index contributed by atoms with van der Waals surface area (Å²) in [7, 11) is 2.07. The Bertz CT molecular complexity index is 345. The second kappa shape index (κ2) is 6.06. The van der Waals surface area contributed by atoms with Crippen molar-refractivity contribution in [2.75, 3.05) is 7.05 Å². The minimum Gasteiger partial charge on any atom is -0.508 e. The van der Waals surface area contributed by atoms with Gasteiger partial charge in [0.2, 0.25) is 0 Å². The lowest BCUT2D eigenvalue weighted by atomic mass is 9.92. The Morgan fingerprint density at radius 3 is 2.76 bits per heavy atom. The number of hydrogen-bond acceptors (Lipinski definition) is 2. The molecule has 2 heteroatoms. The zero-order valence-corrected chi connectivity index (χ0v) is 10.7. The van der Waals surface area contributed by atoms with E-state index in [0.717, 1.165) is 12.3 Å². The van der Waals surface area contributed by atoms with Crippen LogP contribution in [0.1, 0.15) is 37.7 Å². The van der Waals surface area contributed by atoms with Crippen LogP contribution in [0.5, 0.6) is 5.75 Å². The van der Waals surface area contributed by atoms with Crippen LogP contribution in [-0.2, 0) is 6.42 Å². The highest BCUT2D eigenvalue weighted by molar-refractivity contribution is 5.27. The molecule has 0 aliphatic heterocycles. The van der Waals surface area contributed by atoms with Crippen LogP contribution in [0.2, 0.25) is 0 Å². The Kier molecular flexibility index (Phi) is 4.43. The average molecular weight is 233 g/mol. The van der Waals surface area contributed by atoms with Crippen molar-refractivity contribution in [1.82, 2.24) is 5.32 Å². The standard InChI is InChI=1S/C15H23NO/c1-16-15(13-6-2-3-7-13)10-9-12-5-4-8-14(17)11-12/h4-5,8,11,13,15-17H,2-3,6-7,9-10H2,1H3. The van der Waals surface area contributed by atoms with Crippen molar-refractivity contribution >= 4 is 0 Å². The summed E-state index contributed by atoms with van der Waals surface area (Å²) in [5.41, 5.74) is 1.24. The van der Waals surface area contributed by atoms with Gasteiger partial charge in [-0.3, -0.25) is 0 Å². The van der Waals surface area contributed by atoms with E-state index in [4.69, 9.17) is 0 Å². The van der Waals surface area contributed by atoms with E-state index in [2.05, 4.69) is 18.4 Å². The zero-order valence-electron chi connectivity index (χ0n) is 10.7. The number of rotatable bonds is 5. The van der Waals surface area contributed by atoms with Crippen molar-refractivity contribution in [3.05, 3.63) is 29.8 Å².